The van der Waals surface area contributed by atoms with Gasteiger partial charge in [0.05, 0.1) is 18.4 Å². The van der Waals surface area contributed by atoms with Crippen LogP contribution in [0.3, 0.4) is 0 Å². The van der Waals surface area contributed by atoms with Gasteiger partial charge in [0.1, 0.15) is 52.1 Å². The van der Waals surface area contributed by atoms with E-state index in [1.54, 1.807) is 18.2 Å². The number of hydrogen-bond donors (Lipinski definition) is 2. The van der Waals surface area contributed by atoms with Crippen LogP contribution in [0.15, 0.2) is 41.4 Å². The molecule has 1 amide bonds. The highest BCUT2D eigenvalue weighted by molar-refractivity contribution is 8.00. The number of nitrogens with zero attached hydrogens (tertiary/aromatic N) is 4. The number of benzene rings is 2. The van der Waals surface area contributed by atoms with Gasteiger partial charge in [-0.15, -0.1) is 5.10 Å². The van der Waals surface area contributed by atoms with Crippen molar-refractivity contribution in [3.8, 4) is 11.3 Å². The van der Waals surface area contributed by atoms with Gasteiger partial charge in [-0.25, -0.2) is 13.5 Å². The third kappa shape index (κ3) is 6.24. The summed E-state index contributed by atoms with van der Waals surface area (Å²) in [6.07, 6.45) is 1.18. The molecular weight excluding hydrogens is 601 g/mol. The molecule has 3 unspecified atom stereocenters. The van der Waals surface area contributed by atoms with Crippen molar-refractivity contribution in [2.45, 2.75) is 53.9 Å². The summed E-state index contributed by atoms with van der Waals surface area (Å²) in [5, 5.41) is 29.1. The highest BCUT2D eigenvalue weighted by Gasteiger charge is 2.48. The van der Waals surface area contributed by atoms with Gasteiger partial charge in [0, 0.05) is 35.7 Å². The van der Waals surface area contributed by atoms with Crippen LogP contribution in [0.25, 0.3) is 11.3 Å². The summed E-state index contributed by atoms with van der Waals surface area (Å²) >= 11 is 13.1. The van der Waals surface area contributed by atoms with Crippen molar-refractivity contribution < 1.29 is 33.3 Å². The fourth-order valence-electron chi connectivity index (χ4n) is 5.13. The number of aromatic nitrogens is 3. The second kappa shape index (κ2) is 12.9. The van der Waals surface area contributed by atoms with Gasteiger partial charge >= 0.3 is 0 Å². The van der Waals surface area contributed by atoms with Crippen LogP contribution >= 0.6 is 35.0 Å². The number of aliphatic hydroxyl groups excluding tert-OH is 2. The molecule has 3 heterocycles. The zero-order chi connectivity index (χ0) is 29.3. The van der Waals surface area contributed by atoms with Crippen molar-refractivity contribution in [2.75, 3.05) is 26.8 Å². The van der Waals surface area contributed by atoms with E-state index in [1.807, 2.05) is 4.90 Å². The largest absolute Gasteiger partial charge is 0.394 e. The van der Waals surface area contributed by atoms with Gasteiger partial charge in [0.15, 0.2) is 0 Å². The second-order valence-electron chi connectivity index (χ2n) is 9.86. The Kier molecular flexibility index (Phi) is 9.49. The molecule has 0 bridgehead atoms. The van der Waals surface area contributed by atoms with Gasteiger partial charge in [0.25, 0.3) is 5.91 Å². The van der Waals surface area contributed by atoms with Crippen LogP contribution in [0.1, 0.15) is 35.7 Å². The van der Waals surface area contributed by atoms with Crippen LogP contribution in [-0.2, 0) is 9.47 Å². The van der Waals surface area contributed by atoms with E-state index >= 15 is 0 Å². The minimum Gasteiger partial charge on any atom is -0.394 e. The van der Waals surface area contributed by atoms with Crippen LogP contribution in [0, 0.1) is 11.6 Å². The number of rotatable bonds is 7. The molecule has 2 N–H and O–H groups in total. The van der Waals surface area contributed by atoms with Gasteiger partial charge in [0.2, 0.25) is 0 Å². The molecule has 3 aromatic rings. The first-order valence-corrected chi connectivity index (χ1v) is 14.6. The van der Waals surface area contributed by atoms with Crippen LogP contribution in [0.2, 0.25) is 10.0 Å². The molecule has 14 heteroatoms. The molecule has 2 aliphatic heterocycles. The van der Waals surface area contributed by atoms with Gasteiger partial charge in [-0.1, -0.05) is 40.2 Å². The lowest BCUT2D eigenvalue weighted by Crippen LogP contribution is -2.55. The topological polar surface area (TPSA) is 110 Å². The Labute approximate surface area is 249 Å². The van der Waals surface area contributed by atoms with Crippen molar-refractivity contribution in [1.29, 1.82) is 0 Å². The normalized spacial score (nSPS) is 25.0. The summed E-state index contributed by atoms with van der Waals surface area (Å²) in [5.74, 6) is -2.03. The number of aliphatic hydroxyl groups is 2. The zero-order valence-electron chi connectivity index (χ0n) is 21.9. The molecule has 5 atom stereocenters. The number of halogens is 4. The first-order chi connectivity index (χ1) is 19.7. The quantitative estimate of drug-likeness (QED) is 0.366. The smallest absolute Gasteiger partial charge is 0.254 e. The van der Waals surface area contributed by atoms with E-state index in [4.69, 9.17) is 32.7 Å². The standard InChI is InChI=1S/C27H28Cl2F2N4O5S/c1-39-25-23(35-12-19(32-33-35)14-9-17(30)22(29)18(31)10-14)24(37)20(13-36)40-27(25)41-21-11-15(28)5-6-16(21)26(38)34-7-3-2-4-8-34/h5-6,9-12,20,23-25,27,36-37H,2-4,7-8,13H2,1H3/t20?,23?,24-,25?,27+/m0/s1. The predicted octanol–water partition coefficient (Wildman–Crippen LogP) is 4.58. The number of thioether (sulfide) groups is 1. The molecule has 0 saturated carbocycles. The van der Waals surface area contributed by atoms with E-state index in [-0.39, 0.29) is 17.2 Å². The third-order valence-electron chi connectivity index (χ3n) is 7.25. The van der Waals surface area contributed by atoms with E-state index in [2.05, 4.69) is 10.3 Å². The third-order valence-corrected chi connectivity index (χ3v) is 9.05. The van der Waals surface area contributed by atoms with Crippen LogP contribution < -0.4 is 0 Å². The van der Waals surface area contributed by atoms with Gasteiger partial charge in [-0.3, -0.25) is 4.79 Å². The molecule has 0 spiro atoms. The molecule has 2 fully saturated rings. The van der Waals surface area contributed by atoms with Crippen LogP contribution in [0.4, 0.5) is 8.78 Å². The SMILES string of the molecule is COC1C(n2cc(-c3cc(F)c(Cl)c(F)c3)nn2)[C@@H](O)C(CO)O[C@@H]1Sc1cc(Cl)ccc1C(=O)N1CCCCC1. The van der Waals surface area contributed by atoms with Gasteiger partial charge < -0.3 is 24.6 Å². The van der Waals surface area contributed by atoms with Crippen LogP contribution in [-0.4, -0.2) is 86.6 Å². The number of amides is 1. The predicted molar refractivity (Wildman–Crippen MR) is 149 cm³/mol. The first kappa shape index (κ1) is 30.1. The van der Waals surface area contributed by atoms with E-state index < -0.39 is 53.1 Å². The minimum atomic E-state index is -1.29. The average Bonchev–Trinajstić information content (AvgIpc) is 3.46. The van der Waals surface area contributed by atoms with Crippen LogP contribution in [0.5, 0.6) is 0 Å². The Morgan fingerprint density at radius 2 is 1.88 bits per heavy atom. The Balaban J connectivity index is 1.46. The highest BCUT2D eigenvalue weighted by Crippen LogP contribution is 2.41. The van der Waals surface area contributed by atoms with Crippen molar-refractivity contribution in [2.24, 2.45) is 0 Å². The number of hydrogen-bond acceptors (Lipinski definition) is 8. The minimum absolute atomic E-state index is 0.0931. The first-order valence-electron chi connectivity index (χ1n) is 13.0. The summed E-state index contributed by atoms with van der Waals surface area (Å²) in [5.41, 5.74) is -0.148. The molecule has 0 radical (unpaired) electrons. The van der Waals surface area contributed by atoms with Crippen molar-refractivity contribution in [3.63, 3.8) is 0 Å². The molecule has 220 valence electrons. The number of ether oxygens (including phenoxy) is 2. The van der Waals surface area contributed by atoms with Crippen molar-refractivity contribution in [1.82, 2.24) is 19.9 Å². The fraction of sp³-hybridized carbons (Fsp3) is 0.444. The fourth-order valence-corrected chi connectivity index (χ4v) is 6.81. The molecule has 5 rings (SSSR count). The number of piperidine rings is 1. The second-order valence-corrected chi connectivity index (χ2v) is 11.8. The molecular formula is C27H28Cl2F2N4O5S. The Morgan fingerprint density at radius 1 is 1.17 bits per heavy atom. The summed E-state index contributed by atoms with van der Waals surface area (Å²) in [7, 11) is 1.43. The van der Waals surface area contributed by atoms with E-state index in [0.717, 1.165) is 31.4 Å². The lowest BCUT2D eigenvalue weighted by atomic mass is 9.97. The Bertz CT molecular complexity index is 1390. The summed E-state index contributed by atoms with van der Waals surface area (Å²) in [6, 6.07) is 6.14. The highest BCUT2D eigenvalue weighted by atomic mass is 35.5. The van der Waals surface area contributed by atoms with Gasteiger partial charge in [-0.05, 0) is 49.6 Å². The lowest BCUT2D eigenvalue weighted by molar-refractivity contribution is -0.186. The molecule has 2 aliphatic rings. The summed E-state index contributed by atoms with van der Waals surface area (Å²) in [4.78, 5) is 15.8. The van der Waals surface area contributed by atoms with E-state index in [1.165, 1.54) is 29.8 Å². The van der Waals surface area contributed by atoms with Crippen molar-refractivity contribution in [3.05, 3.63) is 63.8 Å². The number of carbonyl (C=O) groups is 1. The van der Waals surface area contributed by atoms with Crippen molar-refractivity contribution >= 4 is 40.9 Å². The maximum atomic E-state index is 14.1. The van der Waals surface area contributed by atoms with E-state index in [9.17, 15) is 23.8 Å². The zero-order valence-corrected chi connectivity index (χ0v) is 24.2. The average molecular weight is 630 g/mol. The van der Waals surface area contributed by atoms with Gasteiger partial charge in [-0.2, -0.15) is 0 Å². The van der Waals surface area contributed by atoms with E-state index in [0.29, 0.717) is 28.6 Å². The molecule has 1 aromatic heterocycles. The monoisotopic (exact) mass is 628 g/mol. The summed E-state index contributed by atoms with van der Waals surface area (Å²) in [6.45, 7) is 0.821. The molecule has 2 saturated heterocycles. The lowest BCUT2D eigenvalue weighted by Gasteiger charge is -2.43. The maximum absolute atomic E-state index is 14.1. The number of likely N-dealkylation sites (tertiary alicyclic amines) is 1. The Hall–Kier alpha value is -2.32. The maximum Gasteiger partial charge on any atom is 0.254 e. The molecule has 41 heavy (non-hydrogen) atoms. The Morgan fingerprint density at radius 3 is 2.54 bits per heavy atom. The molecule has 0 aliphatic carbocycles. The molecule has 9 nitrogen and oxygen atoms in total. The number of carbonyl (C=O) groups excluding carboxylic acids is 1. The summed E-state index contributed by atoms with van der Waals surface area (Å²) < 4.78 is 41.3. The molecule has 2 aromatic carbocycles. The number of methoxy groups -OCH3 is 1.